The zero-order valence-electron chi connectivity index (χ0n) is 11.8. The third kappa shape index (κ3) is 4.27. The van der Waals surface area contributed by atoms with Crippen LogP contribution in [0.1, 0.15) is 19.9 Å². The number of hydrogen-bond acceptors (Lipinski definition) is 4. The van der Waals surface area contributed by atoms with E-state index in [1.807, 2.05) is 13.8 Å². The van der Waals surface area contributed by atoms with Gasteiger partial charge >= 0.3 is 6.03 Å². The predicted molar refractivity (Wildman–Crippen MR) is 74.5 cm³/mol. The van der Waals surface area contributed by atoms with Crippen molar-refractivity contribution in [3.63, 3.8) is 0 Å². The van der Waals surface area contributed by atoms with Crippen molar-refractivity contribution < 1.29 is 4.79 Å². The van der Waals surface area contributed by atoms with E-state index in [2.05, 4.69) is 15.6 Å². The zero-order chi connectivity index (χ0) is 14.4. The highest BCUT2D eigenvalue weighted by Crippen LogP contribution is 2.00. The molecule has 0 aliphatic heterocycles. The Hall–Kier alpha value is -2.05. The summed E-state index contributed by atoms with van der Waals surface area (Å²) >= 11 is 0. The Morgan fingerprint density at radius 3 is 2.68 bits per heavy atom. The van der Waals surface area contributed by atoms with Crippen LogP contribution in [0.5, 0.6) is 0 Å². The summed E-state index contributed by atoms with van der Waals surface area (Å²) in [5.74, 6) is 0.301. The van der Waals surface area contributed by atoms with Crippen LogP contribution in [0.3, 0.4) is 0 Å². The fraction of sp³-hybridized carbons (Fsp3) is 0.583. The van der Waals surface area contributed by atoms with Crippen molar-refractivity contribution in [3.8, 4) is 0 Å². The van der Waals surface area contributed by atoms with Gasteiger partial charge < -0.3 is 20.1 Å². The Kier molecular flexibility index (Phi) is 5.35. The van der Waals surface area contributed by atoms with Gasteiger partial charge in [-0.15, -0.1) is 0 Å². The van der Waals surface area contributed by atoms with Gasteiger partial charge in [0.15, 0.2) is 5.82 Å². The summed E-state index contributed by atoms with van der Waals surface area (Å²) in [6, 6.07) is -0.0769. The molecule has 19 heavy (non-hydrogen) atoms. The molecule has 0 spiro atoms. The molecule has 2 N–H and O–H groups in total. The van der Waals surface area contributed by atoms with E-state index in [0.29, 0.717) is 18.9 Å². The number of amides is 2. The summed E-state index contributed by atoms with van der Waals surface area (Å²) in [4.78, 5) is 28.7. The van der Waals surface area contributed by atoms with E-state index in [-0.39, 0.29) is 17.6 Å². The average molecular weight is 267 g/mol. The highest BCUT2D eigenvalue weighted by molar-refractivity contribution is 5.73. The Balaban J connectivity index is 2.53. The van der Waals surface area contributed by atoms with Gasteiger partial charge in [0, 0.05) is 45.6 Å². The fourth-order valence-corrected chi connectivity index (χ4v) is 1.46. The third-order valence-corrected chi connectivity index (χ3v) is 2.52. The average Bonchev–Trinajstić information content (AvgIpc) is 2.35. The maximum Gasteiger partial charge on any atom is 0.316 e. The number of aromatic nitrogens is 2. The topological polar surface area (TPSA) is 79.3 Å². The van der Waals surface area contributed by atoms with E-state index in [0.717, 1.165) is 0 Å². The molecular weight excluding hydrogens is 246 g/mol. The van der Waals surface area contributed by atoms with Crippen molar-refractivity contribution in [3.05, 3.63) is 22.7 Å². The predicted octanol–water partition coefficient (Wildman–Crippen LogP) is 0.507. The first-order valence-corrected chi connectivity index (χ1v) is 6.19. The third-order valence-electron chi connectivity index (χ3n) is 2.52. The number of carbonyl (C=O) groups excluding carboxylic acids is 1. The maximum absolute atomic E-state index is 12.0. The second kappa shape index (κ2) is 6.77. The second-order valence-corrected chi connectivity index (χ2v) is 4.64. The zero-order valence-corrected chi connectivity index (χ0v) is 11.8. The summed E-state index contributed by atoms with van der Waals surface area (Å²) in [7, 11) is 3.34. The minimum atomic E-state index is -0.164. The van der Waals surface area contributed by atoms with Gasteiger partial charge in [-0.1, -0.05) is 0 Å². The first-order valence-electron chi connectivity index (χ1n) is 6.19. The standard InChI is InChI=1S/C12H21N5O2/c1-9(2)17-8-7-14-10(11(17)18)13-5-6-15-12(19)16(3)4/h7-9H,5-6H2,1-4H3,(H,13,14)(H,15,19). The number of urea groups is 1. The number of rotatable bonds is 5. The van der Waals surface area contributed by atoms with Gasteiger partial charge in [0.05, 0.1) is 0 Å². The molecule has 7 heteroatoms. The molecule has 0 unspecified atom stereocenters. The SMILES string of the molecule is CC(C)n1ccnc(NCCNC(=O)N(C)C)c1=O. The van der Waals surface area contributed by atoms with Crippen molar-refractivity contribution in [2.45, 2.75) is 19.9 Å². The molecule has 0 atom stereocenters. The number of anilines is 1. The van der Waals surface area contributed by atoms with E-state index < -0.39 is 0 Å². The van der Waals surface area contributed by atoms with Crippen LogP contribution < -0.4 is 16.2 Å². The summed E-state index contributed by atoms with van der Waals surface area (Å²) < 4.78 is 1.60. The Morgan fingerprint density at radius 1 is 1.42 bits per heavy atom. The molecule has 0 saturated carbocycles. The van der Waals surface area contributed by atoms with E-state index in [1.54, 1.807) is 31.1 Å². The molecule has 0 radical (unpaired) electrons. The van der Waals surface area contributed by atoms with Crippen LogP contribution in [0, 0.1) is 0 Å². The van der Waals surface area contributed by atoms with Crippen LogP contribution in [-0.4, -0.2) is 47.7 Å². The van der Waals surface area contributed by atoms with Crippen molar-refractivity contribution in [2.75, 3.05) is 32.5 Å². The van der Waals surface area contributed by atoms with Crippen LogP contribution in [0.4, 0.5) is 10.6 Å². The molecule has 0 bridgehead atoms. The molecule has 0 aromatic carbocycles. The molecule has 0 aliphatic rings. The Bertz CT molecular complexity index is 481. The lowest BCUT2D eigenvalue weighted by atomic mass is 10.4. The summed E-state index contributed by atoms with van der Waals surface area (Å²) in [5.41, 5.74) is -0.156. The molecule has 0 aliphatic carbocycles. The summed E-state index contributed by atoms with van der Waals surface area (Å²) in [6.45, 7) is 4.74. The molecule has 0 fully saturated rings. The first kappa shape index (κ1) is 15.0. The quantitative estimate of drug-likeness (QED) is 0.762. The molecule has 7 nitrogen and oxygen atoms in total. The fourth-order valence-electron chi connectivity index (χ4n) is 1.46. The molecule has 1 rings (SSSR count). The van der Waals surface area contributed by atoms with Crippen molar-refractivity contribution in [2.24, 2.45) is 0 Å². The molecular formula is C12H21N5O2. The highest BCUT2D eigenvalue weighted by atomic mass is 16.2. The van der Waals surface area contributed by atoms with Gasteiger partial charge in [0.2, 0.25) is 0 Å². The van der Waals surface area contributed by atoms with Crippen LogP contribution >= 0.6 is 0 Å². The summed E-state index contributed by atoms with van der Waals surface area (Å²) in [5, 5.41) is 5.62. The largest absolute Gasteiger partial charge is 0.364 e. The minimum absolute atomic E-state index is 0.0875. The lowest BCUT2D eigenvalue weighted by Gasteiger charge is -2.13. The van der Waals surface area contributed by atoms with Crippen LogP contribution in [0.2, 0.25) is 0 Å². The van der Waals surface area contributed by atoms with Gasteiger partial charge in [-0.2, -0.15) is 0 Å². The Morgan fingerprint density at radius 2 is 2.11 bits per heavy atom. The normalized spacial score (nSPS) is 10.4. The second-order valence-electron chi connectivity index (χ2n) is 4.64. The van der Waals surface area contributed by atoms with Crippen LogP contribution in [0.25, 0.3) is 0 Å². The number of hydrogen-bond donors (Lipinski definition) is 2. The maximum atomic E-state index is 12.0. The van der Waals surface area contributed by atoms with Crippen LogP contribution in [-0.2, 0) is 0 Å². The monoisotopic (exact) mass is 267 g/mol. The first-order chi connectivity index (χ1) is 8.93. The molecule has 1 heterocycles. The van der Waals surface area contributed by atoms with E-state index >= 15 is 0 Å². The minimum Gasteiger partial charge on any atom is -0.364 e. The van der Waals surface area contributed by atoms with Gasteiger partial charge in [0.25, 0.3) is 5.56 Å². The van der Waals surface area contributed by atoms with Gasteiger partial charge in [0.1, 0.15) is 0 Å². The lowest BCUT2D eigenvalue weighted by Crippen LogP contribution is -2.37. The van der Waals surface area contributed by atoms with E-state index in [1.165, 1.54) is 4.90 Å². The molecule has 106 valence electrons. The van der Waals surface area contributed by atoms with E-state index in [9.17, 15) is 9.59 Å². The van der Waals surface area contributed by atoms with Gasteiger partial charge in [-0.05, 0) is 13.8 Å². The molecule has 1 aromatic heterocycles. The smallest absolute Gasteiger partial charge is 0.316 e. The van der Waals surface area contributed by atoms with E-state index in [4.69, 9.17) is 0 Å². The van der Waals surface area contributed by atoms with Gasteiger partial charge in [-0.25, -0.2) is 9.78 Å². The van der Waals surface area contributed by atoms with Crippen molar-refractivity contribution >= 4 is 11.8 Å². The number of carbonyl (C=O) groups is 1. The molecule has 1 aromatic rings. The lowest BCUT2D eigenvalue weighted by molar-refractivity contribution is 0.218. The molecule has 2 amide bonds. The Labute approximate surface area is 112 Å². The van der Waals surface area contributed by atoms with Crippen LogP contribution in [0.15, 0.2) is 17.2 Å². The van der Waals surface area contributed by atoms with Gasteiger partial charge in [-0.3, -0.25) is 4.79 Å². The van der Waals surface area contributed by atoms with Crippen molar-refractivity contribution in [1.29, 1.82) is 0 Å². The summed E-state index contributed by atoms with van der Waals surface area (Å²) in [6.07, 6.45) is 3.24. The van der Waals surface area contributed by atoms with Crippen molar-refractivity contribution in [1.82, 2.24) is 19.8 Å². The number of nitrogens with zero attached hydrogens (tertiary/aromatic N) is 3. The number of nitrogens with one attached hydrogen (secondary N) is 2. The molecule has 0 saturated heterocycles. The highest BCUT2D eigenvalue weighted by Gasteiger charge is 2.07.